The van der Waals surface area contributed by atoms with Crippen LogP contribution in [0.25, 0.3) is 4.96 Å². The van der Waals surface area contributed by atoms with Gasteiger partial charge in [0.25, 0.3) is 5.56 Å². The summed E-state index contributed by atoms with van der Waals surface area (Å²) in [7, 11) is 0. The molecule has 0 aliphatic rings. The summed E-state index contributed by atoms with van der Waals surface area (Å²) in [5, 5.41) is 2.81. The summed E-state index contributed by atoms with van der Waals surface area (Å²) in [5.74, 6) is 0.612. The Morgan fingerprint density at radius 3 is 2.81 bits per heavy atom. The molecule has 0 radical (unpaired) electrons. The zero-order valence-electron chi connectivity index (χ0n) is 14.5. The van der Waals surface area contributed by atoms with Gasteiger partial charge in [-0.15, -0.1) is 11.3 Å². The van der Waals surface area contributed by atoms with Crippen molar-refractivity contribution < 1.29 is 0 Å². The molecular weight excluding hydrogens is 364 g/mol. The maximum absolute atomic E-state index is 12.3. The lowest BCUT2D eigenvalue weighted by Gasteiger charge is -2.00. The van der Waals surface area contributed by atoms with Crippen LogP contribution in [0.4, 0.5) is 0 Å². The molecule has 26 heavy (non-hydrogen) atoms. The summed E-state index contributed by atoms with van der Waals surface area (Å²) < 4.78 is 1.65. The fourth-order valence-corrected chi connectivity index (χ4v) is 4.54. The Morgan fingerprint density at radius 2 is 2.00 bits per heavy atom. The number of fused-ring (bicyclic) bond motifs is 1. The summed E-state index contributed by atoms with van der Waals surface area (Å²) in [4.78, 5) is 25.6. The van der Waals surface area contributed by atoms with Gasteiger partial charge in [0.1, 0.15) is 0 Å². The Morgan fingerprint density at radius 1 is 1.19 bits per heavy atom. The monoisotopic (exact) mass is 382 g/mol. The predicted octanol–water partition coefficient (Wildman–Crippen LogP) is 3.98. The zero-order valence-corrected chi connectivity index (χ0v) is 16.2. The molecule has 0 bridgehead atoms. The smallest absolute Gasteiger partial charge is 0.258 e. The second kappa shape index (κ2) is 7.09. The van der Waals surface area contributed by atoms with Crippen LogP contribution in [0.15, 0.2) is 51.7 Å². The van der Waals surface area contributed by atoms with Crippen LogP contribution < -0.4 is 5.56 Å². The van der Waals surface area contributed by atoms with Gasteiger partial charge < -0.3 is 4.98 Å². The fourth-order valence-electron chi connectivity index (χ4n) is 2.81. The van der Waals surface area contributed by atoms with E-state index in [-0.39, 0.29) is 5.56 Å². The van der Waals surface area contributed by atoms with E-state index in [1.165, 1.54) is 16.9 Å². The van der Waals surface area contributed by atoms with Crippen molar-refractivity contribution in [3.8, 4) is 0 Å². The highest BCUT2D eigenvalue weighted by atomic mass is 32.2. The van der Waals surface area contributed by atoms with Crippen LogP contribution in [-0.2, 0) is 12.2 Å². The highest BCUT2D eigenvalue weighted by Gasteiger charge is 2.10. The molecule has 0 amide bonds. The lowest BCUT2D eigenvalue weighted by molar-refractivity contribution is 0.988. The average Bonchev–Trinajstić information content (AvgIpc) is 3.17. The van der Waals surface area contributed by atoms with Crippen LogP contribution in [-0.4, -0.2) is 19.4 Å². The maximum Gasteiger partial charge on any atom is 0.258 e. The lowest BCUT2D eigenvalue weighted by atomic mass is 10.1. The minimum Gasteiger partial charge on any atom is -0.337 e. The number of benzene rings is 1. The van der Waals surface area contributed by atoms with Crippen LogP contribution in [0.2, 0.25) is 0 Å². The zero-order chi connectivity index (χ0) is 18.1. The third kappa shape index (κ3) is 3.45. The number of imidazole rings is 1. The van der Waals surface area contributed by atoms with Crippen LogP contribution in [0, 0.1) is 13.8 Å². The number of aromatic amines is 1. The number of nitrogens with one attached hydrogen (secondary N) is 1. The molecular formula is C19H18N4OS2. The molecule has 0 spiro atoms. The number of thioether (sulfide) groups is 1. The van der Waals surface area contributed by atoms with E-state index in [2.05, 4.69) is 22.1 Å². The van der Waals surface area contributed by atoms with Gasteiger partial charge in [0.2, 0.25) is 0 Å². The van der Waals surface area contributed by atoms with Gasteiger partial charge in [-0.05, 0) is 19.4 Å². The van der Waals surface area contributed by atoms with Crippen molar-refractivity contribution in [1.29, 1.82) is 0 Å². The first-order valence-electron chi connectivity index (χ1n) is 8.29. The molecule has 4 aromatic rings. The third-order valence-electron chi connectivity index (χ3n) is 4.16. The summed E-state index contributed by atoms with van der Waals surface area (Å²) >= 11 is 3.06. The number of thiazole rings is 1. The standard InChI is InChI=1S/C19H18N4OS2/c1-12-10-26-19-21-15(9-17(24)23(12)19)11-25-18-20-13(2)16(22-18)8-14-6-4-3-5-7-14/h3-7,9-10H,8,11H2,1-2H3,(H,20,22). The van der Waals surface area contributed by atoms with E-state index in [4.69, 9.17) is 4.98 Å². The number of hydrogen-bond donors (Lipinski definition) is 1. The van der Waals surface area contributed by atoms with Gasteiger partial charge >= 0.3 is 0 Å². The van der Waals surface area contributed by atoms with Crippen LogP contribution >= 0.6 is 23.1 Å². The molecule has 3 heterocycles. The third-order valence-corrected chi connectivity index (χ3v) is 6.01. The van der Waals surface area contributed by atoms with E-state index >= 15 is 0 Å². The van der Waals surface area contributed by atoms with E-state index < -0.39 is 0 Å². The molecule has 0 saturated carbocycles. The molecule has 3 aromatic heterocycles. The van der Waals surface area contributed by atoms with Crippen LogP contribution in [0.5, 0.6) is 0 Å². The highest BCUT2D eigenvalue weighted by Crippen LogP contribution is 2.22. The first kappa shape index (κ1) is 17.1. The second-order valence-electron chi connectivity index (χ2n) is 6.15. The molecule has 4 rings (SSSR count). The number of nitrogens with zero attached hydrogens (tertiary/aromatic N) is 3. The Labute approximate surface area is 159 Å². The first-order valence-corrected chi connectivity index (χ1v) is 10.2. The molecule has 1 N–H and O–H groups in total. The lowest BCUT2D eigenvalue weighted by Crippen LogP contribution is -2.14. The van der Waals surface area contributed by atoms with Crippen molar-refractivity contribution in [2.75, 3.05) is 0 Å². The van der Waals surface area contributed by atoms with Gasteiger partial charge in [0, 0.05) is 35.0 Å². The molecule has 132 valence electrons. The van der Waals surface area contributed by atoms with Gasteiger partial charge in [-0.25, -0.2) is 9.97 Å². The van der Waals surface area contributed by atoms with Crippen LogP contribution in [0.1, 0.15) is 28.3 Å². The maximum atomic E-state index is 12.3. The summed E-state index contributed by atoms with van der Waals surface area (Å²) in [5.41, 5.74) is 5.05. The van der Waals surface area contributed by atoms with Crippen LogP contribution in [0.3, 0.4) is 0 Å². The van der Waals surface area contributed by atoms with Crippen molar-refractivity contribution in [3.05, 3.63) is 80.5 Å². The minimum absolute atomic E-state index is 0.0234. The number of H-pyrrole nitrogens is 1. The Kier molecular flexibility index (Phi) is 4.65. The van der Waals surface area contributed by atoms with Crippen molar-refractivity contribution in [3.63, 3.8) is 0 Å². The molecule has 0 unspecified atom stereocenters. The Hall–Kier alpha value is -2.38. The predicted molar refractivity (Wildman–Crippen MR) is 106 cm³/mol. The van der Waals surface area contributed by atoms with Gasteiger partial charge in [0.05, 0.1) is 11.4 Å². The second-order valence-corrected chi connectivity index (χ2v) is 7.95. The topological polar surface area (TPSA) is 63.0 Å². The van der Waals surface area contributed by atoms with Crippen molar-refractivity contribution in [2.24, 2.45) is 0 Å². The van der Waals surface area contributed by atoms with E-state index in [9.17, 15) is 4.79 Å². The highest BCUT2D eigenvalue weighted by molar-refractivity contribution is 7.98. The van der Waals surface area contributed by atoms with Crippen molar-refractivity contribution in [2.45, 2.75) is 31.2 Å². The average molecular weight is 383 g/mol. The molecule has 5 nitrogen and oxygen atoms in total. The van der Waals surface area contributed by atoms with Gasteiger partial charge in [0.15, 0.2) is 10.1 Å². The van der Waals surface area contributed by atoms with Gasteiger partial charge in [-0.1, -0.05) is 42.1 Å². The SMILES string of the molecule is Cc1[nH]c(SCc2cc(=O)n3c(C)csc3n2)nc1Cc1ccccc1. The summed E-state index contributed by atoms with van der Waals surface area (Å²) in [6, 6.07) is 11.9. The first-order chi connectivity index (χ1) is 12.6. The molecule has 0 aliphatic heterocycles. The van der Waals surface area contributed by atoms with Gasteiger partial charge in [-0.2, -0.15) is 0 Å². The molecule has 0 atom stereocenters. The van der Waals surface area contributed by atoms with E-state index in [0.29, 0.717) is 5.75 Å². The number of hydrogen-bond acceptors (Lipinski definition) is 5. The summed E-state index contributed by atoms with van der Waals surface area (Å²) in [6.07, 6.45) is 0.809. The molecule has 0 saturated heterocycles. The normalized spacial score (nSPS) is 11.3. The van der Waals surface area contributed by atoms with Crippen molar-refractivity contribution in [1.82, 2.24) is 19.4 Å². The van der Waals surface area contributed by atoms with E-state index in [0.717, 1.165) is 39.3 Å². The molecule has 0 aliphatic carbocycles. The van der Waals surface area contributed by atoms with E-state index in [1.807, 2.05) is 37.4 Å². The Bertz CT molecular complexity index is 1110. The number of rotatable bonds is 5. The van der Waals surface area contributed by atoms with Gasteiger partial charge in [-0.3, -0.25) is 9.20 Å². The van der Waals surface area contributed by atoms with E-state index in [1.54, 1.807) is 22.2 Å². The largest absolute Gasteiger partial charge is 0.337 e. The molecule has 7 heteroatoms. The fraction of sp³-hybridized carbons (Fsp3) is 0.211. The number of aromatic nitrogens is 4. The molecule has 1 aromatic carbocycles. The number of aryl methyl sites for hydroxylation is 2. The minimum atomic E-state index is -0.0234. The quantitative estimate of drug-likeness (QED) is 0.530. The summed E-state index contributed by atoms with van der Waals surface area (Å²) in [6.45, 7) is 3.96. The Balaban J connectivity index is 1.50. The molecule has 0 fully saturated rings. The van der Waals surface area contributed by atoms with Crippen molar-refractivity contribution >= 4 is 28.1 Å².